The molecule has 0 saturated carbocycles. The Labute approximate surface area is 163 Å². The molecule has 148 valence electrons. The normalized spacial score (nSPS) is 13.0. The molecule has 0 aliphatic rings. The summed E-state index contributed by atoms with van der Waals surface area (Å²) in [5.41, 5.74) is 1.19. The summed E-state index contributed by atoms with van der Waals surface area (Å²) in [4.78, 5) is 4.77. The second-order valence-electron chi connectivity index (χ2n) is 7.60. The van der Waals surface area contributed by atoms with E-state index >= 15 is 0 Å². The highest BCUT2D eigenvalue weighted by Gasteiger charge is 2.09. The molecule has 1 atom stereocenters. The van der Waals surface area contributed by atoms with E-state index in [-0.39, 0.29) is 0 Å². The van der Waals surface area contributed by atoms with E-state index in [2.05, 4.69) is 53.7 Å². The molecule has 6 nitrogen and oxygen atoms in total. The third-order valence-electron chi connectivity index (χ3n) is 4.66. The average molecular weight is 371 g/mol. The number of hydrogen-bond donors (Lipinski definition) is 2. The van der Waals surface area contributed by atoms with Crippen molar-refractivity contribution < 1.29 is 0 Å². The molecule has 1 aromatic heterocycles. The van der Waals surface area contributed by atoms with Gasteiger partial charge >= 0.3 is 0 Å². The van der Waals surface area contributed by atoms with Gasteiger partial charge in [-0.1, -0.05) is 57.0 Å². The van der Waals surface area contributed by atoms with Gasteiger partial charge in [0.05, 0.1) is 13.1 Å². The highest BCUT2D eigenvalue weighted by molar-refractivity contribution is 5.80. The van der Waals surface area contributed by atoms with Gasteiger partial charge < -0.3 is 15.2 Å². The molecule has 0 bridgehead atoms. The zero-order valence-electron chi connectivity index (χ0n) is 17.4. The number of rotatable bonds is 9. The molecule has 6 heteroatoms. The Morgan fingerprint density at radius 2 is 1.85 bits per heavy atom. The summed E-state index contributed by atoms with van der Waals surface area (Å²) in [5.74, 6) is 3.37. The molecule has 2 aromatic rings. The van der Waals surface area contributed by atoms with Crippen LogP contribution in [0, 0.1) is 12.8 Å². The lowest BCUT2D eigenvalue weighted by atomic mass is 10.0. The molecule has 0 amide bonds. The van der Waals surface area contributed by atoms with E-state index in [0.29, 0.717) is 19.1 Å². The van der Waals surface area contributed by atoms with Crippen molar-refractivity contribution in [2.75, 3.05) is 0 Å². The first-order valence-electron chi connectivity index (χ1n) is 9.89. The van der Waals surface area contributed by atoms with Gasteiger partial charge in [-0.2, -0.15) is 0 Å². The molecule has 1 aromatic carbocycles. The monoisotopic (exact) mass is 370 g/mol. The van der Waals surface area contributed by atoms with E-state index in [9.17, 15) is 0 Å². The largest absolute Gasteiger partial charge is 0.354 e. The molecule has 1 unspecified atom stereocenters. The molecule has 0 fully saturated rings. The summed E-state index contributed by atoms with van der Waals surface area (Å²) in [6.45, 7) is 9.95. The molecular weight excluding hydrogens is 336 g/mol. The third kappa shape index (κ3) is 7.41. The van der Waals surface area contributed by atoms with Gasteiger partial charge in [0.2, 0.25) is 0 Å². The first kappa shape index (κ1) is 20.9. The third-order valence-corrected chi connectivity index (χ3v) is 4.66. The number of benzene rings is 1. The van der Waals surface area contributed by atoms with Crippen molar-refractivity contribution in [3.63, 3.8) is 0 Å². The van der Waals surface area contributed by atoms with Crippen LogP contribution in [0.15, 0.2) is 35.3 Å². The average Bonchev–Trinajstić information content (AvgIpc) is 2.96. The van der Waals surface area contributed by atoms with E-state index in [0.717, 1.165) is 29.9 Å². The molecule has 0 aliphatic heterocycles. The van der Waals surface area contributed by atoms with Crippen LogP contribution in [0.4, 0.5) is 0 Å². The summed E-state index contributed by atoms with van der Waals surface area (Å²) >= 11 is 0. The van der Waals surface area contributed by atoms with Crippen molar-refractivity contribution in [2.24, 2.45) is 18.0 Å². The molecule has 0 spiro atoms. The standard InChI is InChI=1S/C21H34N6/c1-16(2)10-9-11-17(3)24-21(22-14-19-12-7-6-8-13-19)23-15-20-26-25-18(4)27(20)5/h6-8,12-13,16-17H,9-11,14-15H2,1-5H3,(H2,22,23,24). The maximum atomic E-state index is 4.77. The van der Waals surface area contributed by atoms with Gasteiger partial charge in [0.1, 0.15) is 5.82 Å². The van der Waals surface area contributed by atoms with Gasteiger partial charge in [0.25, 0.3) is 0 Å². The van der Waals surface area contributed by atoms with Gasteiger partial charge in [-0.15, -0.1) is 10.2 Å². The minimum Gasteiger partial charge on any atom is -0.354 e. The summed E-state index contributed by atoms with van der Waals surface area (Å²) in [5, 5.41) is 15.3. The van der Waals surface area contributed by atoms with Crippen LogP contribution in [0.5, 0.6) is 0 Å². The number of aryl methyl sites for hydroxylation is 1. The Morgan fingerprint density at radius 1 is 1.11 bits per heavy atom. The number of aromatic nitrogens is 3. The zero-order valence-corrected chi connectivity index (χ0v) is 17.4. The lowest BCUT2D eigenvalue weighted by Crippen LogP contribution is -2.42. The Morgan fingerprint density at radius 3 is 2.48 bits per heavy atom. The summed E-state index contributed by atoms with van der Waals surface area (Å²) in [6.07, 6.45) is 3.61. The van der Waals surface area contributed by atoms with Crippen molar-refractivity contribution in [1.82, 2.24) is 25.4 Å². The van der Waals surface area contributed by atoms with Gasteiger partial charge in [0, 0.05) is 13.1 Å². The molecule has 2 rings (SSSR count). The first-order valence-corrected chi connectivity index (χ1v) is 9.89. The molecule has 0 saturated heterocycles. The highest BCUT2D eigenvalue weighted by Crippen LogP contribution is 2.08. The van der Waals surface area contributed by atoms with E-state index in [1.807, 2.05) is 36.7 Å². The Balaban J connectivity index is 1.97. The minimum absolute atomic E-state index is 0.368. The molecule has 27 heavy (non-hydrogen) atoms. The van der Waals surface area contributed by atoms with Gasteiger partial charge in [-0.05, 0) is 31.7 Å². The van der Waals surface area contributed by atoms with E-state index in [4.69, 9.17) is 4.99 Å². The van der Waals surface area contributed by atoms with Gasteiger partial charge in [-0.3, -0.25) is 0 Å². The topological polar surface area (TPSA) is 67.1 Å². The molecule has 0 aliphatic carbocycles. The van der Waals surface area contributed by atoms with Gasteiger partial charge in [-0.25, -0.2) is 4.99 Å². The van der Waals surface area contributed by atoms with Crippen molar-refractivity contribution in [3.8, 4) is 0 Å². The first-order chi connectivity index (χ1) is 13.0. The van der Waals surface area contributed by atoms with Crippen LogP contribution >= 0.6 is 0 Å². The van der Waals surface area contributed by atoms with Crippen LogP contribution in [-0.2, 0) is 20.1 Å². The number of nitrogens with zero attached hydrogens (tertiary/aromatic N) is 4. The second kappa shape index (κ2) is 10.7. The summed E-state index contributed by atoms with van der Waals surface area (Å²) < 4.78 is 1.99. The maximum Gasteiger partial charge on any atom is 0.192 e. The quantitative estimate of drug-likeness (QED) is 0.523. The number of guanidine groups is 1. The number of aliphatic imine (C=N–C) groups is 1. The fraction of sp³-hybridized carbons (Fsp3) is 0.571. The SMILES string of the molecule is Cc1nnc(CNC(=NCc2ccccc2)NC(C)CCCC(C)C)n1C. The van der Waals surface area contributed by atoms with Crippen molar-refractivity contribution >= 4 is 5.96 Å². The van der Waals surface area contributed by atoms with Crippen LogP contribution in [0.1, 0.15) is 57.2 Å². The van der Waals surface area contributed by atoms with E-state index in [1.165, 1.54) is 18.4 Å². The van der Waals surface area contributed by atoms with Crippen LogP contribution in [0.25, 0.3) is 0 Å². The van der Waals surface area contributed by atoms with E-state index < -0.39 is 0 Å². The predicted octanol–water partition coefficient (Wildman–Crippen LogP) is 3.57. The van der Waals surface area contributed by atoms with E-state index in [1.54, 1.807) is 0 Å². The smallest absolute Gasteiger partial charge is 0.192 e. The van der Waals surface area contributed by atoms with Crippen LogP contribution < -0.4 is 10.6 Å². The summed E-state index contributed by atoms with van der Waals surface area (Å²) in [6, 6.07) is 10.7. The molecule has 0 radical (unpaired) electrons. The Bertz CT molecular complexity index is 705. The van der Waals surface area contributed by atoms with Crippen LogP contribution in [0.2, 0.25) is 0 Å². The lowest BCUT2D eigenvalue weighted by Gasteiger charge is -2.19. The maximum absolute atomic E-state index is 4.77. The lowest BCUT2D eigenvalue weighted by molar-refractivity contribution is 0.490. The van der Waals surface area contributed by atoms with Gasteiger partial charge in [0.15, 0.2) is 11.8 Å². The summed E-state index contributed by atoms with van der Waals surface area (Å²) in [7, 11) is 1.98. The second-order valence-corrected chi connectivity index (χ2v) is 7.60. The van der Waals surface area contributed by atoms with Crippen molar-refractivity contribution in [3.05, 3.63) is 47.5 Å². The predicted molar refractivity (Wildman–Crippen MR) is 111 cm³/mol. The number of nitrogens with one attached hydrogen (secondary N) is 2. The fourth-order valence-electron chi connectivity index (χ4n) is 2.81. The Hall–Kier alpha value is -2.37. The van der Waals surface area contributed by atoms with Crippen molar-refractivity contribution in [1.29, 1.82) is 0 Å². The number of hydrogen-bond acceptors (Lipinski definition) is 3. The minimum atomic E-state index is 0.368. The highest BCUT2D eigenvalue weighted by atomic mass is 15.3. The van der Waals surface area contributed by atoms with Crippen LogP contribution in [-0.4, -0.2) is 26.8 Å². The molecular formula is C21H34N6. The molecule has 2 N–H and O–H groups in total. The Kier molecular flexibility index (Phi) is 8.30. The van der Waals surface area contributed by atoms with Crippen LogP contribution in [0.3, 0.4) is 0 Å². The zero-order chi connectivity index (χ0) is 19.6. The fourth-order valence-corrected chi connectivity index (χ4v) is 2.81. The van der Waals surface area contributed by atoms with Crippen molar-refractivity contribution in [2.45, 2.75) is 66.1 Å². The molecule has 1 heterocycles.